The van der Waals surface area contributed by atoms with Crippen LogP contribution in [0.15, 0.2) is 34.8 Å². The molecule has 2 aromatic carbocycles. The van der Waals surface area contributed by atoms with E-state index in [-0.39, 0.29) is 22.4 Å². The van der Waals surface area contributed by atoms with Crippen molar-refractivity contribution in [2.75, 3.05) is 0 Å². The number of hydrogen-bond donors (Lipinski definition) is 2. The van der Waals surface area contributed by atoms with Crippen LogP contribution in [0.1, 0.15) is 17.2 Å². The van der Waals surface area contributed by atoms with Gasteiger partial charge >= 0.3 is 6.36 Å². The molecule has 0 unspecified atom stereocenters. The Labute approximate surface area is 147 Å². The zero-order valence-electron chi connectivity index (χ0n) is 11.6. The number of phenolic OH excluding ortho intramolecular Hbond substituents is 1. The van der Waals surface area contributed by atoms with E-state index in [1.54, 1.807) is 0 Å². The summed E-state index contributed by atoms with van der Waals surface area (Å²) in [6, 6.07) is 3.72. The molecule has 0 bridgehead atoms. The average molecular weight is 435 g/mol. The predicted octanol–water partition coefficient (Wildman–Crippen LogP) is 4.80. The molecule has 2 rings (SSSR count). The van der Waals surface area contributed by atoms with Gasteiger partial charge in [0, 0.05) is 0 Å². The van der Waals surface area contributed by atoms with Gasteiger partial charge in [0.2, 0.25) is 0 Å². The normalized spacial score (nSPS) is 12.5. The molecule has 0 aromatic heterocycles. The van der Waals surface area contributed by atoms with Crippen molar-refractivity contribution in [2.24, 2.45) is 5.73 Å². The third-order valence-corrected chi connectivity index (χ3v) is 3.57. The molecule has 3 N–H and O–H groups in total. The van der Waals surface area contributed by atoms with Crippen LogP contribution < -0.4 is 10.5 Å². The quantitative estimate of drug-likeness (QED) is 0.539. The summed E-state index contributed by atoms with van der Waals surface area (Å²) in [5.41, 5.74) is 5.43. The summed E-state index contributed by atoms with van der Waals surface area (Å²) in [6.45, 7) is 0. The maximum Gasteiger partial charge on any atom is 0.573 e. The second-order valence-electron chi connectivity index (χ2n) is 4.51. The summed E-state index contributed by atoms with van der Waals surface area (Å²) >= 11 is 2.86. The first-order valence-electron chi connectivity index (χ1n) is 6.08. The molecule has 3 nitrogen and oxygen atoms in total. The van der Waals surface area contributed by atoms with Crippen LogP contribution in [0.25, 0.3) is 0 Å². The van der Waals surface area contributed by atoms with E-state index in [4.69, 9.17) is 5.73 Å². The lowest BCUT2D eigenvalue weighted by atomic mass is 9.98. The Morgan fingerprint density at radius 3 is 2.17 bits per heavy atom. The second-order valence-corrected chi connectivity index (χ2v) is 5.37. The number of alkyl halides is 3. The largest absolute Gasteiger partial charge is 0.573 e. The zero-order chi connectivity index (χ0) is 17.4. The van der Waals surface area contributed by atoms with Crippen molar-refractivity contribution in [3.8, 4) is 11.5 Å². The number of phenols is 1. The first-order chi connectivity index (χ1) is 10.6. The average Bonchev–Trinajstić information content (AvgIpc) is 2.44. The lowest BCUT2D eigenvalue weighted by Crippen LogP contribution is -2.18. The van der Waals surface area contributed by atoms with Gasteiger partial charge in [0.1, 0.15) is 11.5 Å². The van der Waals surface area contributed by atoms with E-state index in [1.165, 1.54) is 0 Å². The minimum atomic E-state index is -4.85. The Balaban J connectivity index is 0.00000288. The highest BCUT2D eigenvalue weighted by molar-refractivity contribution is 9.10. The van der Waals surface area contributed by atoms with Crippen LogP contribution in [0.2, 0.25) is 0 Å². The Morgan fingerprint density at radius 2 is 1.67 bits per heavy atom. The third kappa shape index (κ3) is 4.49. The highest BCUT2D eigenvalue weighted by Crippen LogP contribution is 2.37. The van der Waals surface area contributed by atoms with Gasteiger partial charge in [0.25, 0.3) is 0 Å². The number of halogens is 7. The molecule has 0 radical (unpaired) electrons. The highest BCUT2D eigenvalue weighted by Gasteiger charge is 2.31. The topological polar surface area (TPSA) is 55.5 Å². The summed E-state index contributed by atoms with van der Waals surface area (Å²) in [4.78, 5) is 0. The lowest BCUT2D eigenvalue weighted by Gasteiger charge is -2.17. The van der Waals surface area contributed by atoms with Gasteiger partial charge in [-0.1, -0.05) is 12.1 Å². The molecule has 0 spiro atoms. The summed E-state index contributed by atoms with van der Waals surface area (Å²) in [6.07, 6.45) is -4.85. The fraction of sp³-hybridized carbons (Fsp3) is 0.143. The smallest absolute Gasteiger partial charge is 0.506 e. The summed E-state index contributed by atoms with van der Waals surface area (Å²) in [5.74, 6) is -3.64. The van der Waals surface area contributed by atoms with Gasteiger partial charge in [-0.25, -0.2) is 8.78 Å². The van der Waals surface area contributed by atoms with E-state index in [0.29, 0.717) is 0 Å². The number of rotatable bonds is 3. The minimum Gasteiger partial charge on any atom is -0.506 e. The van der Waals surface area contributed by atoms with Gasteiger partial charge in [0.15, 0.2) is 11.6 Å². The van der Waals surface area contributed by atoms with Crippen LogP contribution in [0.4, 0.5) is 22.0 Å². The first-order valence-corrected chi connectivity index (χ1v) is 6.87. The van der Waals surface area contributed by atoms with Gasteiger partial charge in [-0.2, -0.15) is 0 Å². The first kappa shape index (κ1) is 20.5. The second kappa shape index (κ2) is 7.54. The molecule has 0 aliphatic rings. The van der Waals surface area contributed by atoms with Crippen LogP contribution in [0.5, 0.6) is 11.5 Å². The van der Waals surface area contributed by atoms with Crippen molar-refractivity contribution in [3.63, 3.8) is 0 Å². The van der Waals surface area contributed by atoms with Crippen LogP contribution in [0, 0.1) is 11.6 Å². The van der Waals surface area contributed by atoms with Gasteiger partial charge in [0.05, 0.1) is 16.1 Å². The number of benzene rings is 2. The van der Waals surface area contributed by atoms with Crippen molar-refractivity contribution < 1.29 is 31.8 Å². The molecule has 1 atom stereocenters. The van der Waals surface area contributed by atoms with Crippen molar-refractivity contribution in [2.45, 2.75) is 12.4 Å². The number of hydrogen-bond acceptors (Lipinski definition) is 3. The SMILES string of the molecule is Cl.N[C@H](c1ccc(OC(F)(F)F)cc1)c1c(O)c(Br)cc(F)c1F. The molecule has 132 valence electrons. The fourth-order valence-electron chi connectivity index (χ4n) is 1.93. The maximum absolute atomic E-state index is 13.9. The Kier molecular flexibility index (Phi) is 6.43. The minimum absolute atomic E-state index is 0. The van der Waals surface area contributed by atoms with Crippen molar-refractivity contribution in [3.05, 3.63) is 57.6 Å². The molecule has 2 aromatic rings. The van der Waals surface area contributed by atoms with E-state index >= 15 is 0 Å². The van der Waals surface area contributed by atoms with Crippen molar-refractivity contribution >= 4 is 28.3 Å². The summed E-state index contributed by atoms with van der Waals surface area (Å²) in [5, 5.41) is 9.84. The molecule has 0 fully saturated rings. The number of ether oxygens (including phenoxy) is 1. The molecule has 0 saturated carbocycles. The Bertz CT molecular complexity index is 698. The molecule has 0 aliphatic heterocycles. The molecule has 0 amide bonds. The monoisotopic (exact) mass is 433 g/mol. The van der Waals surface area contributed by atoms with Crippen molar-refractivity contribution in [1.82, 2.24) is 0 Å². The van der Waals surface area contributed by atoms with Gasteiger partial charge in [-0.15, -0.1) is 25.6 Å². The van der Waals surface area contributed by atoms with Gasteiger partial charge < -0.3 is 15.6 Å². The Morgan fingerprint density at radius 1 is 1.12 bits per heavy atom. The summed E-state index contributed by atoms with van der Waals surface area (Å²) < 4.78 is 67.1. The number of aromatic hydroxyl groups is 1. The van der Waals surface area contributed by atoms with E-state index in [0.717, 1.165) is 30.3 Å². The van der Waals surface area contributed by atoms with Crippen LogP contribution >= 0.6 is 28.3 Å². The van der Waals surface area contributed by atoms with Gasteiger partial charge in [-0.05, 0) is 39.7 Å². The number of nitrogens with two attached hydrogens (primary N) is 1. The van der Waals surface area contributed by atoms with Crippen molar-refractivity contribution in [1.29, 1.82) is 0 Å². The molecule has 0 aliphatic carbocycles. The highest BCUT2D eigenvalue weighted by atomic mass is 79.9. The molecule has 0 saturated heterocycles. The maximum atomic E-state index is 13.9. The van der Waals surface area contributed by atoms with Gasteiger partial charge in [-0.3, -0.25) is 0 Å². The molecular formula is C14H10BrClF5NO2. The van der Waals surface area contributed by atoms with E-state index < -0.39 is 41.1 Å². The standard InChI is InChI=1S/C14H9BrF5NO2.ClH/c15-8-5-9(16)11(17)10(13(8)22)12(21)6-1-3-7(4-2-6)23-14(18,19)20;/h1-5,12,22H,21H2;1H/t12-;/m1./s1. The van der Waals surface area contributed by atoms with E-state index in [2.05, 4.69) is 20.7 Å². The molecule has 10 heteroatoms. The third-order valence-electron chi connectivity index (χ3n) is 2.96. The Hall–Kier alpha value is -1.58. The zero-order valence-corrected chi connectivity index (χ0v) is 14.0. The fourth-order valence-corrected chi connectivity index (χ4v) is 2.35. The van der Waals surface area contributed by atoms with Crippen LogP contribution in [-0.2, 0) is 0 Å². The van der Waals surface area contributed by atoms with E-state index in [9.17, 15) is 27.1 Å². The van der Waals surface area contributed by atoms with Crippen LogP contribution in [-0.4, -0.2) is 11.5 Å². The van der Waals surface area contributed by atoms with E-state index in [1.807, 2.05) is 0 Å². The molecular weight excluding hydrogens is 425 g/mol. The lowest BCUT2D eigenvalue weighted by molar-refractivity contribution is -0.274. The molecule has 24 heavy (non-hydrogen) atoms. The summed E-state index contributed by atoms with van der Waals surface area (Å²) in [7, 11) is 0. The van der Waals surface area contributed by atoms with Crippen LogP contribution in [0.3, 0.4) is 0 Å². The predicted molar refractivity (Wildman–Crippen MR) is 82.1 cm³/mol. The molecule has 0 heterocycles.